The van der Waals surface area contributed by atoms with Gasteiger partial charge in [0, 0.05) is 25.4 Å². The van der Waals surface area contributed by atoms with E-state index in [1.807, 2.05) is 30.3 Å². The molecule has 7 nitrogen and oxygen atoms in total. The third-order valence-electron chi connectivity index (χ3n) is 4.12. The lowest BCUT2D eigenvalue weighted by Gasteiger charge is -2.23. The number of carbonyl (C=O) groups excluding carboxylic acids is 2. The van der Waals surface area contributed by atoms with Gasteiger partial charge in [0.25, 0.3) is 5.91 Å². The predicted octanol–water partition coefficient (Wildman–Crippen LogP) is 5.01. The van der Waals surface area contributed by atoms with E-state index in [-0.39, 0.29) is 12.5 Å². The number of rotatable bonds is 7. The van der Waals surface area contributed by atoms with Crippen LogP contribution in [0.25, 0.3) is 0 Å². The van der Waals surface area contributed by atoms with Gasteiger partial charge in [-0.25, -0.2) is 4.79 Å². The molecule has 1 heterocycles. The maximum atomic E-state index is 13.0. The summed E-state index contributed by atoms with van der Waals surface area (Å²) < 4.78 is 6.27. The Bertz CT molecular complexity index is 1020. The second-order valence-electron chi connectivity index (χ2n) is 7.70. The number of hydrogen-bond donors (Lipinski definition) is 3. The molecule has 0 aliphatic carbocycles. The average molecular weight is 542 g/mol. The fourth-order valence-electron chi connectivity index (χ4n) is 2.74. The number of nitrogens with zero attached hydrogens (tertiary/aromatic N) is 1. The van der Waals surface area contributed by atoms with Crippen LogP contribution in [-0.4, -0.2) is 36.9 Å². The quantitative estimate of drug-likeness (QED) is 0.428. The molecule has 0 radical (unpaired) electrons. The first-order valence-corrected chi connectivity index (χ1v) is 11.7. The van der Waals surface area contributed by atoms with E-state index in [1.54, 1.807) is 33.9 Å². The second kappa shape index (κ2) is 11.5. The smallest absolute Gasteiger partial charge is 0.407 e. The Morgan fingerprint density at radius 1 is 1.31 bits per heavy atom. The zero-order valence-corrected chi connectivity index (χ0v) is 21.4. The van der Waals surface area contributed by atoms with Crippen LogP contribution in [0.2, 0.25) is 4.34 Å². The van der Waals surface area contributed by atoms with Crippen molar-refractivity contribution in [1.29, 1.82) is 0 Å². The third kappa shape index (κ3) is 7.36. The van der Waals surface area contributed by atoms with Crippen molar-refractivity contribution in [3.63, 3.8) is 0 Å². The monoisotopic (exact) mass is 540 g/mol. The number of carbonyl (C=O) groups is 2. The first kappa shape index (κ1) is 25.9. The zero-order valence-electron chi connectivity index (χ0n) is 18.2. The molecule has 4 N–H and O–H groups in total. The van der Waals surface area contributed by atoms with Crippen molar-refractivity contribution >= 4 is 56.6 Å². The number of ether oxygens (including phenoxy) is 1. The Balaban J connectivity index is 2.22. The van der Waals surface area contributed by atoms with Crippen LogP contribution in [0.1, 0.15) is 47.6 Å². The topological polar surface area (TPSA) is 106 Å². The van der Waals surface area contributed by atoms with Crippen molar-refractivity contribution in [3.8, 4) is 0 Å². The van der Waals surface area contributed by atoms with Crippen LogP contribution in [0.5, 0.6) is 0 Å². The largest absolute Gasteiger partial charge is 0.444 e. The van der Waals surface area contributed by atoms with E-state index < -0.39 is 17.7 Å². The number of benzene rings is 1. The Labute approximate surface area is 205 Å². The number of amides is 2. The minimum atomic E-state index is -0.621. The summed E-state index contributed by atoms with van der Waals surface area (Å²) in [6.45, 7) is 5.51. The molecule has 2 amide bonds. The molecular formula is C22H26BrClN4O3S. The maximum Gasteiger partial charge on any atom is 0.407 e. The van der Waals surface area contributed by atoms with Crippen molar-refractivity contribution < 1.29 is 14.3 Å². The highest BCUT2D eigenvalue weighted by molar-refractivity contribution is 9.12. The lowest BCUT2D eigenvalue weighted by molar-refractivity contribution is 0.0520. The summed E-state index contributed by atoms with van der Waals surface area (Å²) in [5.74, 6) is -0.328. The molecule has 172 valence electrons. The molecule has 0 bridgehead atoms. The Morgan fingerprint density at radius 2 is 1.97 bits per heavy atom. The molecule has 1 unspecified atom stereocenters. The number of allylic oxidation sites excluding steroid dienone is 1. The molecule has 10 heteroatoms. The minimum absolute atomic E-state index is 0.153. The number of thiophene rings is 1. The van der Waals surface area contributed by atoms with Gasteiger partial charge in [0.2, 0.25) is 0 Å². The van der Waals surface area contributed by atoms with Crippen LogP contribution < -0.4 is 16.4 Å². The van der Waals surface area contributed by atoms with Crippen LogP contribution in [-0.2, 0) is 4.74 Å². The number of alkyl carbamates (subject to hydrolysis) is 1. The van der Waals surface area contributed by atoms with Gasteiger partial charge in [-0.3, -0.25) is 9.79 Å². The number of nitrogens with two attached hydrogens (primary N) is 1. The normalized spacial score (nSPS) is 13.4. The summed E-state index contributed by atoms with van der Waals surface area (Å²) in [6, 6.07) is 10.5. The van der Waals surface area contributed by atoms with Crippen LogP contribution >= 0.6 is 38.9 Å². The first-order valence-electron chi connectivity index (χ1n) is 9.72. The third-order valence-corrected chi connectivity index (χ3v) is 6.12. The highest BCUT2D eigenvalue weighted by atomic mass is 79.9. The van der Waals surface area contributed by atoms with Crippen LogP contribution in [0.15, 0.2) is 52.1 Å². The SMILES string of the molecule is CN=C(C(Br)=CN)c1cc(C(=O)NC(CNC(=O)OC(C)(C)C)c2ccccc2)sc1Cl. The van der Waals surface area contributed by atoms with E-state index in [0.29, 0.717) is 25.0 Å². The fourth-order valence-corrected chi connectivity index (χ4v) is 4.31. The fraction of sp³-hybridized carbons (Fsp3) is 0.318. The van der Waals surface area contributed by atoms with Crippen LogP contribution in [0.4, 0.5) is 4.79 Å². The number of halogens is 2. The lowest BCUT2D eigenvalue weighted by Crippen LogP contribution is -2.40. The number of aliphatic imine (C=N–C) groups is 1. The van der Waals surface area contributed by atoms with Crippen molar-refractivity contribution in [2.24, 2.45) is 10.7 Å². The average Bonchev–Trinajstić information content (AvgIpc) is 3.12. The van der Waals surface area contributed by atoms with E-state index >= 15 is 0 Å². The summed E-state index contributed by atoms with van der Waals surface area (Å²) in [5.41, 5.74) is 6.93. The van der Waals surface area contributed by atoms with Crippen molar-refractivity contribution in [2.45, 2.75) is 32.4 Å². The van der Waals surface area contributed by atoms with Crippen molar-refractivity contribution in [1.82, 2.24) is 10.6 Å². The standard InChI is InChI=1S/C22H26BrClN4O3S/c1-22(2,3)31-21(30)27-12-16(13-8-6-5-7-9-13)28-20(29)17-10-14(19(24)32-17)18(26-4)15(23)11-25/h5-11,16H,12,25H2,1-4H3,(H,27,30)(H,28,29). The summed E-state index contributed by atoms with van der Waals surface area (Å²) in [7, 11) is 1.61. The van der Waals surface area contributed by atoms with E-state index in [0.717, 1.165) is 16.9 Å². The molecule has 0 spiro atoms. The second-order valence-corrected chi connectivity index (χ2v) is 10.2. The van der Waals surface area contributed by atoms with Gasteiger partial charge in [0.15, 0.2) is 0 Å². The van der Waals surface area contributed by atoms with Gasteiger partial charge < -0.3 is 21.1 Å². The molecule has 0 saturated carbocycles. The molecule has 2 aromatic rings. The summed E-state index contributed by atoms with van der Waals surface area (Å²) in [6.07, 6.45) is 0.806. The van der Waals surface area contributed by atoms with Gasteiger partial charge >= 0.3 is 6.09 Å². The Morgan fingerprint density at radius 3 is 2.53 bits per heavy atom. The van der Waals surface area contributed by atoms with Crippen molar-refractivity contribution in [2.75, 3.05) is 13.6 Å². The van der Waals surface area contributed by atoms with Gasteiger partial charge in [-0.15, -0.1) is 11.3 Å². The van der Waals surface area contributed by atoms with E-state index in [4.69, 9.17) is 22.1 Å². The summed E-state index contributed by atoms with van der Waals surface area (Å²) in [4.78, 5) is 29.7. The lowest BCUT2D eigenvalue weighted by atomic mass is 10.1. The van der Waals surface area contributed by atoms with Gasteiger partial charge in [-0.1, -0.05) is 41.9 Å². The molecule has 0 saturated heterocycles. The molecule has 0 aliphatic heterocycles. The molecule has 1 aromatic heterocycles. The van der Waals surface area contributed by atoms with E-state index in [9.17, 15) is 9.59 Å². The zero-order chi connectivity index (χ0) is 23.9. The molecule has 2 rings (SSSR count). The minimum Gasteiger partial charge on any atom is -0.444 e. The number of hydrogen-bond acceptors (Lipinski definition) is 6. The molecule has 0 fully saturated rings. The van der Waals surface area contributed by atoms with E-state index in [2.05, 4.69) is 31.6 Å². The van der Waals surface area contributed by atoms with Gasteiger partial charge in [-0.05, 0) is 48.3 Å². The molecule has 1 atom stereocenters. The van der Waals surface area contributed by atoms with Gasteiger partial charge in [0.1, 0.15) is 9.94 Å². The van der Waals surface area contributed by atoms with E-state index in [1.165, 1.54) is 6.20 Å². The highest BCUT2D eigenvalue weighted by Gasteiger charge is 2.23. The van der Waals surface area contributed by atoms with Crippen molar-refractivity contribution in [3.05, 3.63) is 67.4 Å². The maximum absolute atomic E-state index is 13.0. The molecular weight excluding hydrogens is 516 g/mol. The van der Waals surface area contributed by atoms with Gasteiger partial charge in [0.05, 0.1) is 21.1 Å². The molecule has 0 aliphatic rings. The molecule has 1 aromatic carbocycles. The van der Waals surface area contributed by atoms with Crippen LogP contribution in [0.3, 0.4) is 0 Å². The first-order chi connectivity index (χ1) is 15.1. The highest BCUT2D eigenvalue weighted by Crippen LogP contribution is 2.31. The molecule has 32 heavy (non-hydrogen) atoms. The Kier molecular flexibility index (Phi) is 9.30. The number of nitrogens with one attached hydrogen (secondary N) is 2. The van der Waals surface area contributed by atoms with Gasteiger partial charge in [-0.2, -0.15) is 0 Å². The predicted molar refractivity (Wildman–Crippen MR) is 134 cm³/mol. The Hall–Kier alpha value is -2.36. The summed E-state index contributed by atoms with van der Waals surface area (Å²) in [5, 5.41) is 5.68. The van der Waals surface area contributed by atoms with Crippen LogP contribution in [0, 0.1) is 0 Å². The summed E-state index contributed by atoms with van der Waals surface area (Å²) >= 11 is 10.9.